The standard InChI is InChI=1S/C27H37FN4O3/c1-16(25-29-20-10-7-9-19(28)24(20)31-25)12-22(33)21(30-26(35)18-14-27(3,4)15-18)13-23(34)32-11-6-5-8-17(32)2/h7,9-10,16-18,21H,5-6,8,11-15H2,1-4H3,(H,29,31)(H,30,35)/t16-,17+,21+/m1/s1. The lowest BCUT2D eigenvalue weighted by Crippen LogP contribution is -2.51. The van der Waals surface area contributed by atoms with E-state index < -0.39 is 11.9 Å². The largest absolute Gasteiger partial charge is 0.346 e. The molecule has 1 aliphatic carbocycles. The number of hydrogen-bond donors (Lipinski definition) is 2. The molecule has 2 aliphatic rings. The lowest BCUT2D eigenvalue weighted by Gasteiger charge is -2.42. The highest BCUT2D eigenvalue weighted by Gasteiger charge is 2.41. The van der Waals surface area contributed by atoms with Crippen LogP contribution in [0.4, 0.5) is 4.39 Å². The van der Waals surface area contributed by atoms with Crippen molar-refractivity contribution in [2.75, 3.05) is 6.54 Å². The van der Waals surface area contributed by atoms with E-state index >= 15 is 0 Å². The molecule has 7 nitrogen and oxygen atoms in total. The van der Waals surface area contributed by atoms with E-state index in [1.807, 2.05) is 18.7 Å². The van der Waals surface area contributed by atoms with Crippen LogP contribution in [0.5, 0.6) is 0 Å². The molecule has 0 unspecified atom stereocenters. The minimum Gasteiger partial charge on any atom is -0.346 e. The fraction of sp³-hybridized carbons (Fsp3) is 0.630. The zero-order valence-corrected chi connectivity index (χ0v) is 21.2. The number of hydrogen-bond acceptors (Lipinski definition) is 4. The maximum atomic E-state index is 14.1. The highest BCUT2D eigenvalue weighted by atomic mass is 19.1. The number of fused-ring (bicyclic) bond motifs is 1. The van der Waals surface area contributed by atoms with Crippen LogP contribution in [0.3, 0.4) is 0 Å². The van der Waals surface area contributed by atoms with Gasteiger partial charge in [0.2, 0.25) is 11.8 Å². The monoisotopic (exact) mass is 484 g/mol. The number of Topliss-reactive ketones (excluding diaryl/α,β-unsaturated/α-hetero) is 1. The molecule has 4 rings (SSSR count). The lowest BCUT2D eigenvalue weighted by molar-refractivity contribution is -0.140. The van der Waals surface area contributed by atoms with Crippen LogP contribution in [0.1, 0.15) is 84.4 Å². The van der Waals surface area contributed by atoms with Crippen molar-refractivity contribution in [2.24, 2.45) is 11.3 Å². The number of halogens is 1. The van der Waals surface area contributed by atoms with Gasteiger partial charge in [-0.25, -0.2) is 9.37 Å². The maximum Gasteiger partial charge on any atom is 0.225 e. The summed E-state index contributed by atoms with van der Waals surface area (Å²) in [6, 6.07) is 3.96. The van der Waals surface area contributed by atoms with E-state index in [1.54, 1.807) is 12.1 Å². The fourth-order valence-corrected chi connectivity index (χ4v) is 5.55. The Labute approximate surface area is 206 Å². The van der Waals surface area contributed by atoms with Gasteiger partial charge in [-0.15, -0.1) is 0 Å². The number of nitrogens with zero attached hydrogens (tertiary/aromatic N) is 2. The summed E-state index contributed by atoms with van der Waals surface area (Å²) in [5, 5.41) is 2.91. The van der Waals surface area contributed by atoms with Crippen LogP contribution in [0, 0.1) is 17.2 Å². The number of imidazole rings is 1. The Morgan fingerprint density at radius 3 is 2.63 bits per heavy atom. The van der Waals surface area contributed by atoms with Gasteiger partial charge in [-0.05, 0) is 56.6 Å². The number of nitrogens with one attached hydrogen (secondary N) is 2. The molecule has 1 saturated heterocycles. The number of aromatic amines is 1. The number of carbonyl (C=O) groups excluding carboxylic acids is 3. The summed E-state index contributed by atoms with van der Waals surface area (Å²) in [5.74, 6) is -0.800. The smallest absolute Gasteiger partial charge is 0.225 e. The fourth-order valence-electron chi connectivity index (χ4n) is 5.55. The summed E-state index contributed by atoms with van der Waals surface area (Å²) in [7, 11) is 0. The molecule has 0 spiro atoms. The summed E-state index contributed by atoms with van der Waals surface area (Å²) >= 11 is 0. The number of benzene rings is 1. The van der Waals surface area contributed by atoms with Gasteiger partial charge in [-0.3, -0.25) is 14.4 Å². The second-order valence-corrected chi connectivity index (χ2v) is 11.3. The molecule has 8 heteroatoms. The van der Waals surface area contributed by atoms with Gasteiger partial charge in [-0.1, -0.05) is 26.8 Å². The maximum absolute atomic E-state index is 14.1. The van der Waals surface area contributed by atoms with Gasteiger partial charge in [0.05, 0.1) is 18.0 Å². The van der Waals surface area contributed by atoms with E-state index in [-0.39, 0.29) is 59.2 Å². The Morgan fingerprint density at radius 1 is 1.23 bits per heavy atom. The van der Waals surface area contributed by atoms with E-state index in [2.05, 4.69) is 29.1 Å². The number of rotatable bonds is 8. The van der Waals surface area contributed by atoms with Gasteiger partial charge in [-0.2, -0.15) is 0 Å². The summed E-state index contributed by atoms with van der Waals surface area (Å²) in [5.41, 5.74) is 0.950. The molecule has 0 bridgehead atoms. The van der Waals surface area contributed by atoms with E-state index in [0.29, 0.717) is 17.9 Å². The average molecular weight is 485 g/mol. The predicted molar refractivity (Wildman–Crippen MR) is 132 cm³/mol. The molecular weight excluding hydrogens is 447 g/mol. The van der Waals surface area contributed by atoms with Gasteiger partial charge in [0.1, 0.15) is 11.3 Å². The van der Waals surface area contributed by atoms with Gasteiger partial charge in [0.15, 0.2) is 11.6 Å². The van der Waals surface area contributed by atoms with Crippen LogP contribution in [0.15, 0.2) is 18.2 Å². The van der Waals surface area contributed by atoms with E-state index in [9.17, 15) is 18.8 Å². The quantitative estimate of drug-likeness (QED) is 0.578. The lowest BCUT2D eigenvalue weighted by atomic mass is 9.64. The molecule has 1 aromatic heterocycles. The average Bonchev–Trinajstić information content (AvgIpc) is 3.23. The SMILES string of the molecule is C[C@H](CC(=O)[C@H](CC(=O)N1CCCC[C@@H]1C)NC(=O)C1CC(C)(C)C1)c1nc2c(F)cccc2[nH]1. The Hall–Kier alpha value is -2.77. The van der Waals surface area contributed by atoms with Crippen LogP contribution in [-0.2, 0) is 14.4 Å². The first kappa shape index (κ1) is 25.3. The number of aromatic nitrogens is 2. The van der Waals surface area contributed by atoms with Crippen LogP contribution in [0.2, 0.25) is 0 Å². The van der Waals surface area contributed by atoms with Gasteiger partial charge in [0.25, 0.3) is 0 Å². The molecule has 3 atom stereocenters. The van der Waals surface area contributed by atoms with Crippen molar-refractivity contribution in [3.8, 4) is 0 Å². The molecule has 1 saturated carbocycles. The first-order chi connectivity index (χ1) is 16.5. The Kier molecular flexibility index (Phi) is 7.29. The summed E-state index contributed by atoms with van der Waals surface area (Å²) in [6.45, 7) is 8.81. The first-order valence-electron chi connectivity index (χ1n) is 12.8. The molecule has 2 N–H and O–H groups in total. The third-order valence-corrected chi connectivity index (χ3v) is 7.63. The molecule has 2 amide bonds. The number of H-pyrrole nitrogens is 1. The van der Waals surface area contributed by atoms with Crippen molar-refractivity contribution in [3.05, 3.63) is 29.8 Å². The topological polar surface area (TPSA) is 95.2 Å². The van der Waals surface area contributed by atoms with E-state index in [4.69, 9.17) is 0 Å². The number of ketones is 1. The first-order valence-corrected chi connectivity index (χ1v) is 12.8. The zero-order chi connectivity index (χ0) is 25.3. The van der Waals surface area contributed by atoms with Crippen molar-refractivity contribution in [1.29, 1.82) is 0 Å². The van der Waals surface area contributed by atoms with Crippen molar-refractivity contribution in [1.82, 2.24) is 20.2 Å². The van der Waals surface area contributed by atoms with Crippen LogP contribution in [0.25, 0.3) is 11.0 Å². The third-order valence-electron chi connectivity index (χ3n) is 7.63. The molecule has 2 aromatic rings. The van der Waals surface area contributed by atoms with Gasteiger partial charge in [0, 0.05) is 30.8 Å². The second-order valence-electron chi connectivity index (χ2n) is 11.3. The molecule has 2 heterocycles. The predicted octanol–water partition coefficient (Wildman–Crippen LogP) is 4.48. The van der Waals surface area contributed by atoms with Crippen LogP contribution in [-0.4, -0.2) is 51.1 Å². The van der Waals surface area contributed by atoms with Crippen LogP contribution >= 0.6 is 0 Å². The second kappa shape index (κ2) is 10.1. The highest BCUT2D eigenvalue weighted by molar-refractivity contribution is 5.94. The Bertz CT molecular complexity index is 1100. The minimum absolute atomic E-state index is 0.0352. The van der Waals surface area contributed by atoms with Crippen molar-refractivity contribution in [3.63, 3.8) is 0 Å². The number of piperidine rings is 1. The van der Waals surface area contributed by atoms with Gasteiger partial charge >= 0.3 is 0 Å². The third kappa shape index (κ3) is 5.73. The van der Waals surface area contributed by atoms with E-state index in [1.165, 1.54) is 6.07 Å². The molecule has 190 valence electrons. The molecular formula is C27H37FN4O3. The Morgan fingerprint density at radius 2 is 1.97 bits per heavy atom. The molecule has 1 aliphatic heterocycles. The van der Waals surface area contributed by atoms with E-state index in [0.717, 1.165) is 32.1 Å². The van der Waals surface area contributed by atoms with Gasteiger partial charge < -0.3 is 15.2 Å². The molecule has 2 fully saturated rings. The summed E-state index contributed by atoms with van der Waals surface area (Å²) in [6.07, 6.45) is 4.61. The molecule has 0 radical (unpaired) electrons. The number of carbonyl (C=O) groups is 3. The summed E-state index contributed by atoms with van der Waals surface area (Å²) < 4.78 is 14.1. The van der Waals surface area contributed by atoms with Crippen molar-refractivity contribution >= 4 is 28.6 Å². The number of likely N-dealkylation sites (tertiary alicyclic amines) is 1. The van der Waals surface area contributed by atoms with Crippen LogP contribution < -0.4 is 5.32 Å². The summed E-state index contributed by atoms with van der Waals surface area (Å²) in [4.78, 5) is 48.7. The normalized spacial score (nSPS) is 21.9. The van der Waals surface area contributed by atoms with Crippen molar-refractivity contribution < 1.29 is 18.8 Å². The number of para-hydroxylation sites is 1. The zero-order valence-electron chi connectivity index (χ0n) is 21.2. The highest BCUT2D eigenvalue weighted by Crippen LogP contribution is 2.44. The van der Waals surface area contributed by atoms with Crippen molar-refractivity contribution in [2.45, 2.75) is 90.6 Å². The Balaban J connectivity index is 1.47. The molecule has 1 aromatic carbocycles. The minimum atomic E-state index is -0.878. The molecule has 35 heavy (non-hydrogen) atoms. The number of amides is 2.